The first-order valence-electron chi connectivity index (χ1n) is 4.10. The topological polar surface area (TPSA) is 26.3 Å². The Morgan fingerprint density at radius 3 is 3.08 bits per heavy atom. The summed E-state index contributed by atoms with van der Waals surface area (Å²) in [4.78, 5) is 11.3. The smallest absolute Gasteiger partial charge is 0.320 e. The fourth-order valence-electron chi connectivity index (χ4n) is 0.896. The van der Waals surface area contributed by atoms with Crippen LogP contribution in [0.1, 0.15) is 6.92 Å². The lowest BCUT2D eigenvalue weighted by Gasteiger charge is -2.18. The summed E-state index contributed by atoms with van der Waals surface area (Å²) in [5.41, 5.74) is 0. The van der Waals surface area contributed by atoms with Gasteiger partial charge in [-0.05, 0) is 6.92 Å². The van der Waals surface area contributed by atoms with Crippen molar-refractivity contribution in [3.63, 3.8) is 0 Å². The zero-order chi connectivity index (χ0) is 9.52. The van der Waals surface area contributed by atoms with Crippen LogP contribution in [-0.4, -0.2) is 35.1 Å². The first-order valence-corrected chi connectivity index (χ1v) is 6.30. The average molecular weight is 216 g/mol. The average Bonchev–Trinajstić information content (AvgIpc) is 2.19. The zero-order valence-electron chi connectivity index (χ0n) is 7.54. The molecule has 72 valence electrons. The Morgan fingerprint density at radius 1 is 1.62 bits per heavy atom. The normalized spacial score (nSPS) is 21.5. The van der Waals surface area contributed by atoms with Gasteiger partial charge < -0.3 is 4.74 Å². The Labute approximate surface area is 87.2 Å². The van der Waals surface area contributed by atoms with Crippen LogP contribution in [0.2, 0.25) is 0 Å². The number of thioether (sulfide) groups is 2. The van der Waals surface area contributed by atoms with Gasteiger partial charge in [0.2, 0.25) is 0 Å². The van der Waals surface area contributed by atoms with Gasteiger partial charge in [-0.2, -0.15) is 11.8 Å². The maximum Gasteiger partial charge on any atom is 0.320 e. The summed E-state index contributed by atoms with van der Waals surface area (Å²) in [5.74, 6) is 8.35. The van der Waals surface area contributed by atoms with Gasteiger partial charge in [0.05, 0.1) is 0 Å². The SMILES string of the molecule is CC#CCOC(=O)C1CSCCS1. The van der Waals surface area contributed by atoms with Gasteiger partial charge in [-0.15, -0.1) is 17.7 Å². The van der Waals surface area contributed by atoms with Crippen LogP contribution < -0.4 is 0 Å². The molecule has 0 N–H and O–H groups in total. The molecule has 13 heavy (non-hydrogen) atoms. The maximum absolute atomic E-state index is 11.3. The quantitative estimate of drug-likeness (QED) is 0.515. The van der Waals surface area contributed by atoms with Gasteiger partial charge >= 0.3 is 5.97 Å². The molecule has 1 unspecified atom stereocenters. The van der Waals surface area contributed by atoms with Crippen LogP contribution in [0, 0.1) is 11.8 Å². The van der Waals surface area contributed by atoms with Crippen molar-refractivity contribution in [2.24, 2.45) is 0 Å². The van der Waals surface area contributed by atoms with Crippen LogP contribution in [0.15, 0.2) is 0 Å². The standard InChI is InChI=1S/C9H12O2S2/c1-2-3-4-11-9(10)8-7-12-5-6-13-8/h8H,4-7H2,1H3. The lowest BCUT2D eigenvalue weighted by atomic mass is 10.5. The molecular weight excluding hydrogens is 204 g/mol. The van der Waals surface area contributed by atoms with Crippen LogP contribution in [0.25, 0.3) is 0 Å². The van der Waals surface area contributed by atoms with Gasteiger partial charge in [0, 0.05) is 17.3 Å². The van der Waals surface area contributed by atoms with Crippen molar-refractivity contribution in [2.45, 2.75) is 12.2 Å². The summed E-state index contributed by atoms with van der Waals surface area (Å²) >= 11 is 3.50. The van der Waals surface area contributed by atoms with Crippen LogP contribution in [0.5, 0.6) is 0 Å². The highest BCUT2D eigenvalue weighted by Crippen LogP contribution is 2.24. The second-order valence-electron chi connectivity index (χ2n) is 2.47. The Morgan fingerprint density at radius 2 is 2.46 bits per heavy atom. The second-order valence-corrected chi connectivity index (χ2v) is 4.93. The highest BCUT2D eigenvalue weighted by molar-refractivity contribution is 8.07. The van der Waals surface area contributed by atoms with E-state index in [0.29, 0.717) is 0 Å². The molecule has 4 heteroatoms. The molecule has 1 aliphatic rings. The molecule has 2 nitrogen and oxygen atoms in total. The van der Waals surface area contributed by atoms with Crippen LogP contribution in [0.4, 0.5) is 0 Å². The van der Waals surface area contributed by atoms with E-state index in [2.05, 4.69) is 11.8 Å². The van der Waals surface area contributed by atoms with Crippen LogP contribution >= 0.6 is 23.5 Å². The number of hydrogen-bond acceptors (Lipinski definition) is 4. The molecule has 1 atom stereocenters. The Bertz CT molecular complexity index is 224. The van der Waals surface area contributed by atoms with E-state index in [-0.39, 0.29) is 17.8 Å². The fourth-order valence-corrected chi connectivity index (χ4v) is 3.43. The van der Waals surface area contributed by atoms with E-state index in [1.54, 1.807) is 18.7 Å². The maximum atomic E-state index is 11.3. The van der Waals surface area contributed by atoms with Gasteiger partial charge in [-0.25, -0.2) is 0 Å². The highest BCUT2D eigenvalue weighted by Gasteiger charge is 2.22. The summed E-state index contributed by atoms with van der Waals surface area (Å²) in [6, 6.07) is 0. The molecule has 0 saturated carbocycles. The molecule has 1 aliphatic heterocycles. The van der Waals surface area contributed by atoms with E-state index >= 15 is 0 Å². The van der Waals surface area contributed by atoms with Gasteiger partial charge in [-0.1, -0.05) is 5.92 Å². The van der Waals surface area contributed by atoms with E-state index in [1.807, 2.05) is 11.8 Å². The molecule has 0 amide bonds. The van der Waals surface area contributed by atoms with E-state index < -0.39 is 0 Å². The monoisotopic (exact) mass is 216 g/mol. The van der Waals surface area contributed by atoms with E-state index in [0.717, 1.165) is 17.3 Å². The summed E-state index contributed by atoms with van der Waals surface area (Å²) < 4.78 is 4.98. The largest absolute Gasteiger partial charge is 0.452 e. The highest BCUT2D eigenvalue weighted by atomic mass is 32.2. The lowest BCUT2D eigenvalue weighted by Crippen LogP contribution is -2.26. The Kier molecular flexibility index (Phi) is 5.18. The van der Waals surface area contributed by atoms with Gasteiger partial charge in [0.15, 0.2) is 6.61 Å². The third kappa shape index (κ3) is 3.97. The summed E-state index contributed by atoms with van der Waals surface area (Å²) in [7, 11) is 0. The molecule has 1 saturated heterocycles. The molecule has 0 bridgehead atoms. The summed E-state index contributed by atoms with van der Waals surface area (Å²) in [6.45, 7) is 1.97. The predicted octanol–water partition coefficient (Wildman–Crippen LogP) is 1.40. The molecule has 0 aromatic rings. The molecule has 0 spiro atoms. The van der Waals surface area contributed by atoms with Crippen molar-refractivity contribution >= 4 is 29.5 Å². The molecule has 0 aliphatic carbocycles. The predicted molar refractivity (Wildman–Crippen MR) is 58.0 cm³/mol. The van der Waals surface area contributed by atoms with E-state index in [9.17, 15) is 4.79 Å². The fraction of sp³-hybridized carbons (Fsp3) is 0.667. The summed E-state index contributed by atoms with van der Waals surface area (Å²) in [6.07, 6.45) is 0. The molecule has 0 radical (unpaired) electrons. The minimum atomic E-state index is -0.111. The third-order valence-electron chi connectivity index (χ3n) is 1.54. The lowest BCUT2D eigenvalue weighted by molar-refractivity contribution is -0.141. The molecule has 0 aromatic heterocycles. The van der Waals surface area contributed by atoms with E-state index in [1.165, 1.54) is 0 Å². The number of ether oxygens (including phenoxy) is 1. The van der Waals surface area contributed by atoms with Crippen molar-refractivity contribution in [3.8, 4) is 11.8 Å². The minimum absolute atomic E-state index is 0.0254. The zero-order valence-corrected chi connectivity index (χ0v) is 9.17. The van der Waals surface area contributed by atoms with Gasteiger partial charge in [0.25, 0.3) is 0 Å². The second kappa shape index (κ2) is 6.22. The summed E-state index contributed by atoms with van der Waals surface area (Å²) in [5, 5.41) is 0.0254. The minimum Gasteiger partial charge on any atom is -0.452 e. The number of carbonyl (C=O) groups is 1. The number of hydrogen-bond donors (Lipinski definition) is 0. The van der Waals surface area contributed by atoms with Gasteiger partial charge in [0.1, 0.15) is 5.25 Å². The number of rotatable bonds is 2. The van der Waals surface area contributed by atoms with Crippen molar-refractivity contribution in [1.82, 2.24) is 0 Å². The third-order valence-corrected chi connectivity index (χ3v) is 4.27. The van der Waals surface area contributed by atoms with Gasteiger partial charge in [-0.3, -0.25) is 4.79 Å². The van der Waals surface area contributed by atoms with Crippen molar-refractivity contribution in [1.29, 1.82) is 0 Å². The van der Waals surface area contributed by atoms with Crippen molar-refractivity contribution in [2.75, 3.05) is 23.9 Å². The van der Waals surface area contributed by atoms with Crippen LogP contribution in [0.3, 0.4) is 0 Å². The van der Waals surface area contributed by atoms with Crippen molar-refractivity contribution < 1.29 is 9.53 Å². The number of esters is 1. The first kappa shape index (κ1) is 10.8. The van der Waals surface area contributed by atoms with E-state index in [4.69, 9.17) is 4.74 Å². The molecular formula is C9H12O2S2. The Hall–Kier alpha value is -0.270. The molecule has 1 fully saturated rings. The molecule has 1 heterocycles. The Balaban J connectivity index is 2.23. The van der Waals surface area contributed by atoms with Crippen molar-refractivity contribution in [3.05, 3.63) is 0 Å². The number of carbonyl (C=O) groups excluding carboxylic acids is 1. The first-order chi connectivity index (χ1) is 6.34. The molecule has 1 rings (SSSR count). The molecule has 0 aromatic carbocycles. The van der Waals surface area contributed by atoms with Crippen LogP contribution in [-0.2, 0) is 9.53 Å².